The minimum atomic E-state index is -0.0156. The van der Waals surface area contributed by atoms with Gasteiger partial charge in [-0.05, 0) is 18.5 Å². The maximum atomic E-state index is 11.4. The van der Waals surface area contributed by atoms with E-state index in [-0.39, 0.29) is 11.2 Å². The van der Waals surface area contributed by atoms with E-state index >= 15 is 0 Å². The van der Waals surface area contributed by atoms with Crippen LogP contribution in [0.3, 0.4) is 0 Å². The minimum Gasteiger partial charge on any atom is -0.355 e. The molecule has 0 atom stereocenters. The second-order valence-electron chi connectivity index (χ2n) is 3.25. The van der Waals surface area contributed by atoms with Gasteiger partial charge in [0.05, 0.1) is 6.20 Å². The summed E-state index contributed by atoms with van der Waals surface area (Å²) in [6.07, 6.45) is 2.00. The van der Waals surface area contributed by atoms with Crippen molar-refractivity contribution in [3.63, 3.8) is 0 Å². The first kappa shape index (κ1) is 10.2. The Bertz CT molecular complexity index is 396. The summed E-state index contributed by atoms with van der Waals surface area (Å²) in [5.41, 5.74) is 0.628. The summed E-state index contributed by atoms with van der Waals surface area (Å²) >= 11 is 5.73. The maximum Gasteiger partial charge on any atom is 0.226 e. The van der Waals surface area contributed by atoms with Crippen molar-refractivity contribution < 1.29 is 4.79 Å². The molecule has 1 aromatic heterocycles. The Morgan fingerprint density at radius 3 is 3.20 bits per heavy atom. The summed E-state index contributed by atoms with van der Waals surface area (Å²) in [5, 5.41) is 2.95. The van der Waals surface area contributed by atoms with Gasteiger partial charge in [0, 0.05) is 19.5 Å². The van der Waals surface area contributed by atoms with E-state index in [9.17, 15) is 4.79 Å². The third-order valence-corrected chi connectivity index (χ3v) is 2.49. The molecular formula is C9H11ClN4O. The number of carbonyl (C=O) groups is 1. The van der Waals surface area contributed by atoms with E-state index in [0.717, 1.165) is 6.54 Å². The number of aromatic nitrogens is 2. The predicted octanol–water partition coefficient (Wildman–Crippen LogP) is 1.30. The quantitative estimate of drug-likeness (QED) is 0.734. The SMILES string of the molecule is CCN1CCC(=O)Nc2cnc(Cl)nc21. The smallest absolute Gasteiger partial charge is 0.226 e. The fraction of sp³-hybridized carbons (Fsp3) is 0.444. The molecule has 5 nitrogen and oxygen atoms in total. The molecule has 15 heavy (non-hydrogen) atoms. The van der Waals surface area contributed by atoms with Crippen LogP contribution < -0.4 is 10.2 Å². The van der Waals surface area contributed by atoms with Gasteiger partial charge in [-0.3, -0.25) is 4.79 Å². The molecule has 0 aromatic carbocycles. The molecular weight excluding hydrogens is 216 g/mol. The summed E-state index contributed by atoms with van der Waals surface area (Å²) < 4.78 is 0. The molecule has 0 fully saturated rings. The molecule has 0 bridgehead atoms. The van der Waals surface area contributed by atoms with Gasteiger partial charge >= 0.3 is 0 Å². The molecule has 1 N–H and O–H groups in total. The Kier molecular flexibility index (Phi) is 2.73. The fourth-order valence-electron chi connectivity index (χ4n) is 1.54. The van der Waals surface area contributed by atoms with Crippen LogP contribution in [0, 0.1) is 0 Å². The molecule has 0 aliphatic carbocycles. The monoisotopic (exact) mass is 226 g/mol. The van der Waals surface area contributed by atoms with Crippen LogP contribution in [-0.4, -0.2) is 29.0 Å². The molecule has 0 unspecified atom stereocenters. The number of carbonyl (C=O) groups excluding carboxylic acids is 1. The average Bonchev–Trinajstić information content (AvgIpc) is 2.37. The van der Waals surface area contributed by atoms with Crippen molar-refractivity contribution in [2.24, 2.45) is 0 Å². The molecule has 0 saturated carbocycles. The van der Waals surface area contributed by atoms with E-state index in [1.54, 1.807) is 0 Å². The predicted molar refractivity (Wildman–Crippen MR) is 58.2 cm³/mol. The molecule has 1 aliphatic rings. The summed E-state index contributed by atoms with van der Waals surface area (Å²) in [7, 11) is 0. The largest absolute Gasteiger partial charge is 0.355 e. The zero-order valence-electron chi connectivity index (χ0n) is 8.33. The first-order chi connectivity index (χ1) is 7.20. The summed E-state index contributed by atoms with van der Waals surface area (Å²) in [4.78, 5) is 21.3. The molecule has 2 rings (SSSR count). The van der Waals surface area contributed by atoms with Crippen molar-refractivity contribution in [3.8, 4) is 0 Å². The second-order valence-corrected chi connectivity index (χ2v) is 3.59. The lowest BCUT2D eigenvalue weighted by Gasteiger charge is -2.20. The molecule has 0 radical (unpaired) electrons. The second kappa shape index (κ2) is 4.02. The highest BCUT2D eigenvalue weighted by Gasteiger charge is 2.19. The van der Waals surface area contributed by atoms with Gasteiger partial charge in [-0.25, -0.2) is 4.98 Å². The van der Waals surface area contributed by atoms with Crippen LogP contribution >= 0.6 is 11.6 Å². The maximum absolute atomic E-state index is 11.4. The molecule has 2 heterocycles. The highest BCUT2D eigenvalue weighted by Crippen LogP contribution is 2.26. The van der Waals surface area contributed by atoms with Gasteiger partial charge in [0.25, 0.3) is 0 Å². The number of hydrogen-bond donors (Lipinski definition) is 1. The van der Waals surface area contributed by atoms with Crippen molar-refractivity contribution in [1.29, 1.82) is 0 Å². The van der Waals surface area contributed by atoms with Gasteiger partial charge in [-0.2, -0.15) is 4.98 Å². The minimum absolute atomic E-state index is 0.0156. The third-order valence-electron chi connectivity index (χ3n) is 2.30. The van der Waals surface area contributed by atoms with Crippen LogP contribution in [0.2, 0.25) is 5.28 Å². The summed E-state index contributed by atoms with van der Waals surface area (Å²) in [5.74, 6) is 0.682. The van der Waals surface area contributed by atoms with E-state index in [1.807, 2.05) is 11.8 Å². The molecule has 0 spiro atoms. The number of nitrogens with one attached hydrogen (secondary N) is 1. The lowest BCUT2D eigenvalue weighted by Crippen LogP contribution is -2.24. The van der Waals surface area contributed by atoms with Gasteiger partial charge in [-0.15, -0.1) is 0 Å². The normalized spacial score (nSPS) is 15.6. The van der Waals surface area contributed by atoms with E-state index in [4.69, 9.17) is 11.6 Å². The van der Waals surface area contributed by atoms with E-state index < -0.39 is 0 Å². The van der Waals surface area contributed by atoms with Crippen molar-refractivity contribution in [2.75, 3.05) is 23.3 Å². The zero-order valence-corrected chi connectivity index (χ0v) is 9.08. The Labute approximate surface area is 92.5 Å². The van der Waals surface area contributed by atoms with Crippen molar-refractivity contribution in [3.05, 3.63) is 11.5 Å². The first-order valence-electron chi connectivity index (χ1n) is 4.78. The number of rotatable bonds is 1. The van der Waals surface area contributed by atoms with Gasteiger partial charge in [0.2, 0.25) is 11.2 Å². The molecule has 6 heteroatoms. The highest BCUT2D eigenvalue weighted by molar-refractivity contribution is 6.28. The lowest BCUT2D eigenvalue weighted by atomic mass is 10.4. The number of fused-ring (bicyclic) bond motifs is 1. The molecule has 1 aliphatic heterocycles. The summed E-state index contributed by atoms with van der Waals surface area (Å²) in [6.45, 7) is 3.45. The van der Waals surface area contributed by atoms with E-state index in [1.165, 1.54) is 6.20 Å². The Morgan fingerprint density at radius 1 is 1.67 bits per heavy atom. The lowest BCUT2D eigenvalue weighted by molar-refractivity contribution is -0.115. The molecule has 1 aromatic rings. The standard InChI is InChI=1S/C9H11ClN4O/c1-2-14-4-3-7(15)12-6-5-11-9(10)13-8(6)14/h5H,2-4H2,1H3,(H,12,15). The van der Waals surface area contributed by atoms with Crippen LogP contribution in [0.4, 0.5) is 11.5 Å². The number of amides is 1. The van der Waals surface area contributed by atoms with Crippen LogP contribution in [0.5, 0.6) is 0 Å². The van der Waals surface area contributed by atoms with Crippen molar-refractivity contribution in [1.82, 2.24) is 9.97 Å². The van der Waals surface area contributed by atoms with Gasteiger partial charge in [0.15, 0.2) is 5.82 Å². The number of halogens is 1. The Morgan fingerprint density at radius 2 is 2.47 bits per heavy atom. The van der Waals surface area contributed by atoms with Gasteiger partial charge in [-0.1, -0.05) is 0 Å². The van der Waals surface area contributed by atoms with Crippen LogP contribution in [0.15, 0.2) is 6.20 Å². The number of nitrogens with zero attached hydrogens (tertiary/aromatic N) is 3. The zero-order chi connectivity index (χ0) is 10.8. The fourth-order valence-corrected chi connectivity index (χ4v) is 1.67. The van der Waals surface area contributed by atoms with E-state index in [0.29, 0.717) is 24.5 Å². The van der Waals surface area contributed by atoms with Crippen LogP contribution in [-0.2, 0) is 4.79 Å². The first-order valence-corrected chi connectivity index (χ1v) is 5.16. The van der Waals surface area contributed by atoms with Gasteiger partial charge in [0.1, 0.15) is 5.69 Å². The van der Waals surface area contributed by atoms with Crippen molar-refractivity contribution in [2.45, 2.75) is 13.3 Å². The number of anilines is 2. The summed E-state index contributed by atoms with van der Waals surface area (Å²) in [6, 6.07) is 0. The topological polar surface area (TPSA) is 58.1 Å². The molecule has 80 valence electrons. The van der Waals surface area contributed by atoms with E-state index in [2.05, 4.69) is 15.3 Å². The highest BCUT2D eigenvalue weighted by atomic mass is 35.5. The van der Waals surface area contributed by atoms with Crippen molar-refractivity contribution >= 4 is 29.0 Å². The Balaban J connectivity index is 2.45. The molecule has 1 amide bonds. The van der Waals surface area contributed by atoms with Crippen LogP contribution in [0.25, 0.3) is 0 Å². The third kappa shape index (κ3) is 2.02. The molecule has 0 saturated heterocycles. The number of hydrogen-bond acceptors (Lipinski definition) is 4. The van der Waals surface area contributed by atoms with Crippen LogP contribution in [0.1, 0.15) is 13.3 Å². The average molecular weight is 227 g/mol. The Hall–Kier alpha value is -1.36. The van der Waals surface area contributed by atoms with Gasteiger partial charge < -0.3 is 10.2 Å².